The molecule has 19 heavy (non-hydrogen) atoms. The van der Waals surface area contributed by atoms with Crippen molar-refractivity contribution < 1.29 is 9.84 Å². The van der Waals surface area contributed by atoms with Gasteiger partial charge in [-0.1, -0.05) is 29.8 Å². The quantitative estimate of drug-likeness (QED) is 0.823. The Balaban J connectivity index is 2.51. The third-order valence-corrected chi connectivity index (χ3v) is 3.47. The van der Waals surface area contributed by atoms with Crippen molar-refractivity contribution in [1.29, 1.82) is 0 Å². The van der Waals surface area contributed by atoms with Gasteiger partial charge in [0, 0.05) is 12.6 Å². The average Bonchev–Trinajstić information content (AvgIpc) is 2.37. The first-order valence-electron chi connectivity index (χ1n) is 6.98. The number of aliphatic hydroxyl groups excluding tert-OH is 1. The zero-order valence-electron chi connectivity index (χ0n) is 12.8. The fourth-order valence-corrected chi connectivity index (χ4v) is 1.92. The zero-order chi connectivity index (χ0) is 14.4. The van der Waals surface area contributed by atoms with Gasteiger partial charge in [0.2, 0.25) is 0 Å². The first-order valence-corrected chi connectivity index (χ1v) is 6.98. The highest BCUT2D eigenvalue weighted by molar-refractivity contribution is 5.23. The van der Waals surface area contributed by atoms with Crippen LogP contribution in [0.25, 0.3) is 0 Å². The average molecular weight is 265 g/mol. The third kappa shape index (κ3) is 5.31. The van der Waals surface area contributed by atoms with Crippen LogP contribution >= 0.6 is 0 Å². The second-order valence-electron chi connectivity index (χ2n) is 5.50. The lowest BCUT2D eigenvalue weighted by molar-refractivity contribution is 0.0292. The summed E-state index contributed by atoms with van der Waals surface area (Å²) in [7, 11) is 2.02. The van der Waals surface area contributed by atoms with Gasteiger partial charge in [-0.2, -0.15) is 0 Å². The first-order chi connectivity index (χ1) is 8.91. The summed E-state index contributed by atoms with van der Waals surface area (Å²) in [6, 6.07) is 8.13. The molecular formula is C16H27NO2. The van der Waals surface area contributed by atoms with Gasteiger partial charge in [0.25, 0.3) is 0 Å². The smallest absolute Gasteiger partial charge is 0.0942 e. The fourth-order valence-electron chi connectivity index (χ4n) is 1.92. The number of ether oxygens (including phenoxy) is 1. The van der Waals surface area contributed by atoms with Crippen molar-refractivity contribution in [3.63, 3.8) is 0 Å². The van der Waals surface area contributed by atoms with E-state index >= 15 is 0 Å². The summed E-state index contributed by atoms with van der Waals surface area (Å²) < 4.78 is 5.54. The molecule has 0 saturated heterocycles. The highest BCUT2D eigenvalue weighted by atomic mass is 16.5. The highest BCUT2D eigenvalue weighted by Gasteiger charge is 2.20. The summed E-state index contributed by atoms with van der Waals surface area (Å²) in [6.45, 7) is 9.67. The first kappa shape index (κ1) is 16.2. The predicted molar refractivity (Wildman–Crippen MR) is 79.3 cm³/mol. The minimum absolute atomic E-state index is 0.0680. The van der Waals surface area contributed by atoms with Crippen LogP contribution in [0.5, 0.6) is 0 Å². The molecule has 1 N–H and O–H groups in total. The van der Waals surface area contributed by atoms with E-state index in [1.165, 1.54) is 5.56 Å². The summed E-state index contributed by atoms with van der Waals surface area (Å²) >= 11 is 0. The minimum Gasteiger partial charge on any atom is -0.387 e. The van der Waals surface area contributed by atoms with Gasteiger partial charge in [-0.3, -0.25) is 4.90 Å². The van der Waals surface area contributed by atoms with E-state index < -0.39 is 6.10 Å². The Kier molecular flexibility index (Phi) is 6.49. The van der Waals surface area contributed by atoms with Crippen LogP contribution in [0, 0.1) is 6.92 Å². The number of hydrogen-bond donors (Lipinski definition) is 1. The fraction of sp³-hybridized carbons (Fsp3) is 0.625. The van der Waals surface area contributed by atoms with Gasteiger partial charge in [0.1, 0.15) is 0 Å². The number of aryl methyl sites for hydroxylation is 1. The topological polar surface area (TPSA) is 32.7 Å². The number of nitrogens with zero attached hydrogens (tertiary/aromatic N) is 1. The number of aliphatic hydroxyl groups is 1. The number of benzene rings is 1. The summed E-state index contributed by atoms with van der Waals surface area (Å²) in [5.41, 5.74) is 2.18. The predicted octanol–water partition coefficient (Wildman–Crippen LogP) is 2.77. The molecule has 0 spiro atoms. The molecule has 1 aromatic rings. The lowest BCUT2D eigenvalue weighted by Gasteiger charge is -2.29. The van der Waals surface area contributed by atoms with E-state index in [0.717, 1.165) is 12.1 Å². The standard InChI is InChI=1S/C16H27NO2/c1-12(2)19-11-10-17(5)14(4)16(18)15-8-6-13(3)7-9-15/h6-9,12,14,16,18H,10-11H2,1-5H3. The molecule has 0 amide bonds. The molecule has 108 valence electrons. The highest BCUT2D eigenvalue weighted by Crippen LogP contribution is 2.20. The lowest BCUT2D eigenvalue weighted by atomic mass is 10.0. The normalized spacial score (nSPS) is 14.9. The molecule has 0 aromatic heterocycles. The van der Waals surface area contributed by atoms with Crippen LogP contribution in [-0.2, 0) is 4.74 Å². The SMILES string of the molecule is Cc1ccc(C(O)C(C)N(C)CCOC(C)C)cc1. The van der Waals surface area contributed by atoms with Gasteiger partial charge < -0.3 is 9.84 Å². The molecule has 1 rings (SSSR count). The van der Waals surface area contributed by atoms with Gasteiger partial charge in [-0.25, -0.2) is 0 Å². The molecule has 0 aliphatic rings. The maximum atomic E-state index is 10.4. The van der Waals surface area contributed by atoms with Gasteiger partial charge in [-0.05, 0) is 40.3 Å². The van der Waals surface area contributed by atoms with Crippen LogP contribution in [-0.4, -0.2) is 42.4 Å². The second kappa shape index (κ2) is 7.63. The van der Waals surface area contributed by atoms with E-state index in [-0.39, 0.29) is 12.1 Å². The third-order valence-electron chi connectivity index (χ3n) is 3.47. The van der Waals surface area contributed by atoms with Crippen LogP contribution < -0.4 is 0 Å². The summed E-state index contributed by atoms with van der Waals surface area (Å²) in [6.07, 6.45) is -0.213. The summed E-state index contributed by atoms with van der Waals surface area (Å²) in [4.78, 5) is 2.13. The van der Waals surface area contributed by atoms with Gasteiger partial charge in [0.05, 0.1) is 18.8 Å². The molecule has 2 unspecified atom stereocenters. The lowest BCUT2D eigenvalue weighted by Crippen LogP contribution is -2.37. The summed E-state index contributed by atoms with van der Waals surface area (Å²) in [5.74, 6) is 0. The molecule has 3 heteroatoms. The maximum Gasteiger partial charge on any atom is 0.0942 e. The number of hydrogen-bond acceptors (Lipinski definition) is 3. The van der Waals surface area contributed by atoms with Crippen LogP contribution in [0.3, 0.4) is 0 Å². The van der Waals surface area contributed by atoms with E-state index in [0.29, 0.717) is 6.61 Å². The monoisotopic (exact) mass is 265 g/mol. The van der Waals surface area contributed by atoms with Crippen molar-refractivity contribution in [2.75, 3.05) is 20.2 Å². The largest absolute Gasteiger partial charge is 0.387 e. The molecule has 0 fully saturated rings. The molecule has 0 saturated carbocycles. The van der Waals surface area contributed by atoms with E-state index in [2.05, 4.69) is 11.8 Å². The van der Waals surface area contributed by atoms with Crippen LogP contribution in [0.1, 0.15) is 38.0 Å². The second-order valence-corrected chi connectivity index (χ2v) is 5.50. The van der Waals surface area contributed by atoms with E-state index in [1.807, 2.05) is 52.1 Å². The number of likely N-dealkylation sites (N-methyl/N-ethyl adjacent to an activating group) is 1. The van der Waals surface area contributed by atoms with Crippen molar-refractivity contribution in [3.8, 4) is 0 Å². The Hall–Kier alpha value is -0.900. The number of rotatable bonds is 7. The van der Waals surface area contributed by atoms with Crippen molar-refractivity contribution in [3.05, 3.63) is 35.4 Å². The zero-order valence-corrected chi connectivity index (χ0v) is 12.8. The van der Waals surface area contributed by atoms with E-state index in [4.69, 9.17) is 4.74 Å². The van der Waals surface area contributed by atoms with Crippen molar-refractivity contribution in [2.45, 2.75) is 45.9 Å². The van der Waals surface area contributed by atoms with Crippen LogP contribution in [0.4, 0.5) is 0 Å². The Morgan fingerprint density at radius 3 is 2.26 bits per heavy atom. The van der Waals surface area contributed by atoms with Crippen molar-refractivity contribution in [2.24, 2.45) is 0 Å². The maximum absolute atomic E-state index is 10.4. The molecule has 1 aromatic carbocycles. The van der Waals surface area contributed by atoms with Crippen molar-refractivity contribution in [1.82, 2.24) is 4.90 Å². The molecule has 0 radical (unpaired) electrons. The molecule has 0 bridgehead atoms. The van der Waals surface area contributed by atoms with Crippen molar-refractivity contribution >= 4 is 0 Å². The Labute approximate surface area is 117 Å². The molecule has 0 aliphatic carbocycles. The minimum atomic E-state index is -0.468. The van der Waals surface area contributed by atoms with Gasteiger partial charge >= 0.3 is 0 Å². The van der Waals surface area contributed by atoms with Gasteiger partial charge in [-0.15, -0.1) is 0 Å². The van der Waals surface area contributed by atoms with E-state index in [9.17, 15) is 5.11 Å². The van der Waals surface area contributed by atoms with E-state index in [1.54, 1.807) is 0 Å². The molecule has 0 heterocycles. The van der Waals surface area contributed by atoms with Crippen LogP contribution in [0.15, 0.2) is 24.3 Å². The summed E-state index contributed by atoms with van der Waals surface area (Å²) in [5, 5.41) is 10.4. The molecule has 3 nitrogen and oxygen atoms in total. The Morgan fingerprint density at radius 2 is 1.74 bits per heavy atom. The van der Waals surface area contributed by atoms with Gasteiger partial charge in [0.15, 0.2) is 0 Å². The Bertz CT molecular complexity index is 362. The molecule has 0 aliphatic heterocycles. The van der Waals surface area contributed by atoms with Crippen LogP contribution in [0.2, 0.25) is 0 Å². The molecule has 2 atom stereocenters. The Morgan fingerprint density at radius 1 is 1.16 bits per heavy atom. The molecular weight excluding hydrogens is 238 g/mol.